The number of aliphatic hydroxyl groups excluding tert-OH is 1. The number of nitrogens with one attached hydrogen (secondary N) is 1. The zero-order valence-electron chi connectivity index (χ0n) is 12.3. The molecule has 0 bridgehead atoms. The summed E-state index contributed by atoms with van der Waals surface area (Å²) >= 11 is 0. The fraction of sp³-hybridized carbons (Fsp3) is 0.600. The number of rotatable bonds is 2. The molecule has 2 fully saturated rings. The van der Waals surface area contributed by atoms with Gasteiger partial charge in [-0.25, -0.2) is 4.98 Å². The Morgan fingerprint density at radius 1 is 1.38 bits per heavy atom. The van der Waals surface area contributed by atoms with Gasteiger partial charge in [-0.3, -0.25) is 4.79 Å². The SMILES string of the molecule is Cc1cccnc1N1CCN(C(=O)[C@@H]2C[C@@H](O)CN2)CC1. The molecule has 3 rings (SSSR count). The van der Waals surface area contributed by atoms with Crippen LogP contribution in [-0.4, -0.2) is 65.8 Å². The minimum Gasteiger partial charge on any atom is -0.392 e. The minimum atomic E-state index is -0.392. The topological polar surface area (TPSA) is 68.7 Å². The molecule has 3 heterocycles. The number of carbonyl (C=O) groups is 1. The maximum atomic E-state index is 12.4. The number of β-amino-alcohol motifs (C(OH)–C–C–N with tert-alkyl or cyclic N) is 1. The van der Waals surface area contributed by atoms with Crippen LogP contribution in [0.3, 0.4) is 0 Å². The second kappa shape index (κ2) is 5.99. The molecule has 0 saturated carbocycles. The Labute approximate surface area is 124 Å². The Bertz CT molecular complexity index is 514. The highest BCUT2D eigenvalue weighted by Gasteiger charge is 2.32. The number of aromatic nitrogens is 1. The largest absolute Gasteiger partial charge is 0.392 e. The Hall–Kier alpha value is -1.66. The van der Waals surface area contributed by atoms with Gasteiger partial charge in [0.1, 0.15) is 5.82 Å². The summed E-state index contributed by atoms with van der Waals surface area (Å²) in [7, 11) is 0. The summed E-state index contributed by atoms with van der Waals surface area (Å²) in [5, 5.41) is 12.6. The van der Waals surface area contributed by atoms with Gasteiger partial charge < -0.3 is 20.2 Å². The molecule has 21 heavy (non-hydrogen) atoms. The molecule has 0 radical (unpaired) electrons. The van der Waals surface area contributed by atoms with Crippen LogP contribution in [0.25, 0.3) is 0 Å². The number of aryl methyl sites for hydroxylation is 1. The first-order valence-corrected chi connectivity index (χ1v) is 7.52. The van der Waals surface area contributed by atoms with Crippen LogP contribution in [0.2, 0.25) is 0 Å². The first kappa shape index (κ1) is 14.3. The van der Waals surface area contributed by atoms with Crippen molar-refractivity contribution in [2.75, 3.05) is 37.6 Å². The lowest BCUT2D eigenvalue weighted by Crippen LogP contribution is -2.53. The lowest BCUT2D eigenvalue weighted by Gasteiger charge is -2.37. The lowest BCUT2D eigenvalue weighted by atomic mass is 10.1. The van der Waals surface area contributed by atoms with Gasteiger partial charge in [-0.1, -0.05) is 6.07 Å². The van der Waals surface area contributed by atoms with Crippen molar-refractivity contribution in [3.8, 4) is 0 Å². The molecule has 1 aromatic heterocycles. The van der Waals surface area contributed by atoms with Crippen molar-refractivity contribution in [1.82, 2.24) is 15.2 Å². The average molecular weight is 290 g/mol. The minimum absolute atomic E-state index is 0.115. The summed E-state index contributed by atoms with van der Waals surface area (Å²) < 4.78 is 0. The molecule has 2 atom stereocenters. The number of hydrogen-bond donors (Lipinski definition) is 2. The Kier molecular flexibility index (Phi) is 4.07. The third-order valence-electron chi connectivity index (χ3n) is 4.28. The van der Waals surface area contributed by atoms with Gasteiger partial charge in [0.05, 0.1) is 12.1 Å². The predicted octanol–water partition coefficient (Wildman–Crippen LogP) is -0.239. The standard InChI is InChI=1S/C15H22N4O2/c1-11-3-2-4-16-14(11)18-5-7-19(8-6-18)15(21)13-9-12(20)10-17-13/h2-4,12-13,17,20H,5-10H2,1H3/t12-,13+/m1/s1. The van der Waals surface area contributed by atoms with E-state index < -0.39 is 6.10 Å². The fourth-order valence-electron chi connectivity index (χ4n) is 3.07. The van der Waals surface area contributed by atoms with Gasteiger partial charge in [0, 0.05) is 38.9 Å². The van der Waals surface area contributed by atoms with Gasteiger partial charge in [-0.2, -0.15) is 0 Å². The molecule has 2 aliphatic heterocycles. The molecule has 0 unspecified atom stereocenters. The number of pyridine rings is 1. The van der Waals surface area contributed by atoms with Crippen molar-refractivity contribution < 1.29 is 9.90 Å². The predicted molar refractivity (Wildman–Crippen MR) is 80.2 cm³/mol. The van der Waals surface area contributed by atoms with Crippen molar-refractivity contribution in [3.05, 3.63) is 23.9 Å². The molecule has 0 aromatic carbocycles. The summed E-state index contributed by atoms with van der Waals surface area (Å²) in [6.07, 6.45) is 1.94. The van der Waals surface area contributed by atoms with Crippen LogP contribution in [-0.2, 0) is 4.79 Å². The number of hydrogen-bond acceptors (Lipinski definition) is 5. The van der Waals surface area contributed by atoms with E-state index in [9.17, 15) is 9.90 Å². The van der Waals surface area contributed by atoms with Crippen molar-refractivity contribution in [2.45, 2.75) is 25.5 Å². The first-order chi connectivity index (χ1) is 10.1. The normalized spacial score (nSPS) is 26.2. The lowest BCUT2D eigenvalue weighted by molar-refractivity contribution is -0.133. The van der Waals surface area contributed by atoms with E-state index in [0.29, 0.717) is 26.1 Å². The van der Waals surface area contributed by atoms with Crippen LogP contribution in [0.4, 0.5) is 5.82 Å². The van der Waals surface area contributed by atoms with Crippen molar-refractivity contribution >= 4 is 11.7 Å². The van der Waals surface area contributed by atoms with E-state index in [1.807, 2.05) is 17.2 Å². The number of amides is 1. The maximum Gasteiger partial charge on any atom is 0.239 e. The van der Waals surface area contributed by atoms with Crippen LogP contribution >= 0.6 is 0 Å². The highest BCUT2D eigenvalue weighted by molar-refractivity contribution is 5.82. The molecule has 2 saturated heterocycles. The van der Waals surface area contributed by atoms with E-state index in [-0.39, 0.29) is 11.9 Å². The van der Waals surface area contributed by atoms with Crippen molar-refractivity contribution in [3.63, 3.8) is 0 Å². The first-order valence-electron chi connectivity index (χ1n) is 7.52. The highest BCUT2D eigenvalue weighted by Crippen LogP contribution is 2.18. The van der Waals surface area contributed by atoms with Gasteiger partial charge >= 0.3 is 0 Å². The number of aliphatic hydroxyl groups is 1. The van der Waals surface area contributed by atoms with Crippen LogP contribution in [0.1, 0.15) is 12.0 Å². The van der Waals surface area contributed by atoms with Crippen LogP contribution in [0.5, 0.6) is 0 Å². The average Bonchev–Trinajstić information content (AvgIpc) is 2.94. The molecule has 114 valence electrons. The Morgan fingerprint density at radius 3 is 2.76 bits per heavy atom. The van der Waals surface area contributed by atoms with E-state index in [4.69, 9.17) is 0 Å². The third kappa shape index (κ3) is 3.01. The van der Waals surface area contributed by atoms with Crippen LogP contribution < -0.4 is 10.2 Å². The molecule has 0 spiro atoms. The molecule has 1 aromatic rings. The number of piperazine rings is 1. The number of anilines is 1. The zero-order valence-corrected chi connectivity index (χ0v) is 12.3. The second-order valence-corrected chi connectivity index (χ2v) is 5.81. The molecule has 1 amide bonds. The smallest absolute Gasteiger partial charge is 0.239 e. The maximum absolute atomic E-state index is 12.4. The molecular formula is C15H22N4O2. The van der Waals surface area contributed by atoms with Crippen molar-refractivity contribution in [1.29, 1.82) is 0 Å². The van der Waals surface area contributed by atoms with E-state index in [2.05, 4.69) is 28.2 Å². The zero-order chi connectivity index (χ0) is 14.8. The quantitative estimate of drug-likeness (QED) is 0.787. The summed E-state index contributed by atoms with van der Waals surface area (Å²) in [4.78, 5) is 20.9. The van der Waals surface area contributed by atoms with E-state index in [0.717, 1.165) is 24.5 Å². The van der Waals surface area contributed by atoms with Gasteiger partial charge in [0.2, 0.25) is 5.91 Å². The van der Waals surface area contributed by atoms with Crippen molar-refractivity contribution in [2.24, 2.45) is 0 Å². The van der Waals surface area contributed by atoms with E-state index >= 15 is 0 Å². The Balaban J connectivity index is 1.58. The monoisotopic (exact) mass is 290 g/mol. The van der Waals surface area contributed by atoms with Crippen LogP contribution in [0, 0.1) is 6.92 Å². The molecule has 0 aliphatic carbocycles. The van der Waals surface area contributed by atoms with E-state index in [1.54, 1.807) is 0 Å². The van der Waals surface area contributed by atoms with Gasteiger partial charge in [-0.05, 0) is 25.0 Å². The van der Waals surface area contributed by atoms with E-state index in [1.165, 1.54) is 0 Å². The molecule has 6 nitrogen and oxygen atoms in total. The number of nitrogens with zero attached hydrogens (tertiary/aromatic N) is 3. The van der Waals surface area contributed by atoms with Gasteiger partial charge in [0.25, 0.3) is 0 Å². The van der Waals surface area contributed by atoms with Gasteiger partial charge in [0.15, 0.2) is 0 Å². The third-order valence-corrected chi connectivity index (χ3v) is 4.28. The second-order valence-electron chi connectivity index (χ2n) is 5.81. The summed E-state index contributed by atoms with van der Waals surface area (Å²) in [5.74, 6) is 1.13. The molecule has 2 N–H and O–H groups in total. The Morgan fingerprint density at radius 2 is 2.14 bits per heavy atom. The highest BCUT2D eigenvalue weighted by atomic mass is 16.3. The summed E-state index contributed by atoms with van der Waals surface area (Å²) in [5.41, 5.74) is 1.16. The number of carbonyl (C=O) groups excluding carboxylic acids is 1. The van der Waals surface area contributed by atoms with Gasteiger partial charge in [-0.15, -0.1) is 0 Å². The fourth-order valence-corrected chi connectivity index (χ4v) is 3.07. The summed E-state index contributed by atoms with van der Waals surface area (Å²) in [6.45, 7) is 5.61. The molecule has 6 heteroatoms. The molecular weight excluding hydrogens is 268 g/mol. The molecule has 2 aliphatic rings. The summed E-state index contributed by atoms with van der Waals surface area (Å²) in [6, 6.07) is 3.78. The van der Waals surface area contributed by atoms with Crippen LogP contribution in [0.15, 0.2) is 18.3 Å².